The zero-order chi connectivity index (χ0) is 8.67. The molecular formula is C13H14S2. The van der Waals surface area contributed by atoms with Gasteiger partial charge in [-0.15, -0.1) is 0 Å². The lowest BCUT2D eigenvalue weighted by Gasteiger charge is -2.11. The van der Waals surface area contributed by atoms with Crippen LogP contribution in [-0.2, 0) is 6.42 Å². The van der Waals surface area contributed by atoms with Crippen molar-refractivity contribution in [3.05, 3.63) is 53.6 Å². The number of hydrogen-bond acceptors (Lipinski definition) is 0. The van der Waals surface area contributed by atoms with Crippen LogP contribution in [0.5, 0.6) is 0 Å². The molecule has 2 heteroatoms. The Kier molecular flexibility index (Phi) is 3.89. The van der Waals surface area contributed by atoms with Crippen LogP contribution >= 0.6 is 27.0 Å². The summed E-state index contributed by atoms with van der Waals surface area (Å²) in [5.41, 5.74) is 2.81. The molecule has 0 aromatic heterocycles. The van der Waals surface area contributed by atoms with E-state index in [2.05, 4.69) is 48.6 Å². The van der Waals surface area contributed by atoms with Gasteiger partial charge in [0.2, 0.25) is 0 Å². The van der Waals surface area contributed by atoms with Crippen LogP contribution in [0.15, 0.2) is 42.5 Å². The Morgan fingerprint density at radius 3 is 2.40 bits per heavy atom. The average Bonchev–Trinajstić information content (AvgIpc) is 2.19. The molecule has 0 heterocycles. The van der Waals surface area contributed by atoms with Crippen LogP contribution in [0.4, 0.5) is 0 Å². The molecule has 0 nitrogen and oxygen atoms in total. The van der Waals surface area contributed by atoms with Crippen molar-refractivity contribution in [1.29, 1.82) is 0 Å². The average molecular weight is 234 g/mol. The summed E-state index contributed by atoms with van der Waals surface area (Å²) in [5.74, 6) is 0. The van der Waals surface area contributed by atoms with Crippen LogP contribution in [0.1, 0.15) is 11.1 Å². The SMILES string of the molecule is C1=Cc2cccc3cccc(c23)C1.S.S. The molecule has 0 aliphatic heterocycles. The van der Waals surface area contributed by atoms with E-state index in [1.165, 1.54) is 21.9 Å². The van der Waals surface area contributed by atoms with Crippen molar-refractivity contribution in [3.8, 4) is 0 Å². The zero-order valence-electron chi connectivity index (χ0n) is 8.33. The van der Waals surface area contributed by atoms with Crippen molar-refractivity contribution in [2.75, 3.05) is 0 Å². The first-order valence-electron chi connectivity index (χ1n) is 4.62. The summed E-state index contributed by atoms with van der Waals surface area (Å²) in [6, 6.07) is 13.0. The molecule has 0 saturated heterocycles. The monoisotopic (exact) mass is 234 g/mol. The van der Waals surface area contributed by atoms with Crippen molar-refractivity contribution >= 4 is 43.8 Å². The summed E-state index contributed by atoms with van der Waals surface area (Å²) < 4.78 is 0. The van der Waals surface area contributed by atoms with Crippen LogP contribution in [0, 0.1) is 0 Å². The van der Waals surface area contributed by atoms with Crippen molar-refractivity contribution < 1.29 is 0 Å². The summed E-state index contributed by atoms with van der Waals surface area (Å²) in [4.78, 5) is 0. The first-order valence-corrected chi connectivity index (χ1v) is 4.62. The second-order valence-electron chi connectivity index (χ2n) is 3.47. The van der Waals surface area contributed by atoms with Gasteiger partial charge in [-0.1, -0.05) is 48.6 Å². The highest BCUT2D eigenvalue weighted by Gasteiger charge is 2.06. The summed E-state index contributed by atoms with van der Waals surface area (Å²) in [5, 5.41) is 2.80. The zero-order valence-corrected chi connectivity index (χ0v) is 10.3. The van der Waals surface area contributed by atoms with Gasteiger partial charge in [0.1, 0.15) is 0 Å². The molecule has 0 bridgehead atoms. The molecule has 78 valence electrons. The molecule has 0 amide bonds. The third-order valence-electron chi connectivity index (χ3n) is 2.66. The molecule has 0 saturated carbocycles. The second kappa shape index (κ2) is 4.77. The van der Waals surface area contributed by atoms with Gasteiger partial charge in [-0.25, -0.2) is 0 Å². The van der Waals surface area contributed by atoms with Gasteiger partial charge in [0.15, 0.2) is 0 Å². The molecule has 0 atom stereocenters. The summed E-state index contributed by atoms with van der Waals surface area (Å²) in [6.45, 7) is 0. The summed E-state index contributed by atoms with van der Waals surface area (Å²) in [6.07, 6.45) is 5.53. The minimum absolute atomic E-state index is 0. The molecule has 0 spiro atoms. The molecule has 1 aliphatic rings. The molecule has 0 unspecified atom stereocenters. The third kappa shape index (κ3) is 1.92. The van der Waals surface area contributed by atoms with E-state index >= 15 is 0 Å². The van der Waals surface area contributed by atoms with E-state index < -0.39 is 0 Å². The van der Waals surface area contributed by atoms with Crippen LogP contribution in [0.3, 0.4) is 0 Å². The fourth-order valence-electron chi connectivity index (χ4n) is 2.07. The fraction of sp³-hybridized carbons (Fsp3) is 0.0769. The lowest BCUT2D eigenvalue weighted by atomic mass is 9.93. The Hall–Kier alpha value is -0.860. The van der Waals surface area contributed by atoms with Gasteiger partial charge >= 0.3 is 0 Å². The van der Waals surface area contributed by atoms with Crippen molar-refractivity contribution in [2.24, 2.45) is 0 Å². The Morgan fingerprint density at radius 1 is 0.867 bits per heavy atom. The maximum Gasteiger partial charge on any atom is -0.00763 e. The van der Waals surface area contributed by atoms with Crippen LogP contribution in [0.2, 0.25) is 0 Å². The highest BCUT2D eigenvalue weighted by molar-refractivity contribution is 7.59. The number of allylic oxidation sites excluding steroid dienone is 1. The highest BCUT2D eigenvalue weighted by Crippen LogP contribution is 2.27. The number of rotatable bonds is 0. The van der Waals surface area contributed by atoms with Crippen LogP contribution in [0.25, 0.3) is 16.8 Å². The summed E-state index contributed by atoms with van der Waals surface area (Å²) in [7, 11) is 0. The van der Waals surface area contributed by atoms with Gasteiger partial charge in [-0.05, 0) is 28.3 Å². The van der Waals surface area contributed by atoms with E-state index in [0.717, 1.165) is 6.42 Å². The van der Waals surface area contributed by atoms with E-state index in [9.17, 15) is 0 Å². The van der Waals surface area contributed by atoms with Crippen molar-refractivity contribution in [1.82, 2.24) is 0 Å². The molecule has 2 aromatic carbocycles. The van der Waals surface area contributed by atoms with E-state index in [0.29, 0.717) is 0 Å². The minimum Gasteiger partial charge on any atom is -0.197 e. The van der Waals surface area contributed by atoms with Gasteiger partial charge in [0.05, 0.1) is 0 Å². The topological polar surface area (TPSA) is 0 Å². The maximum atomic E-state index is 2.23. The molecule has 15 heavy (non-hydrogen) atoms. The third-order valence-corrected chi connectivity index (χ3v) is 2.66. The predicted octanol–water partition coefficient (Wildman–Crippen LogP) is 3.63. The largest absolute Gasteiger partial charge is 0.197 e. The lowest BCUT2D eigenvalue weighted by Crippen LogP contribution is -1.91. The van der Waals surface area contributed by atoms with E-state index in [1.54, 1.807) is 0 Å². The van der Waals surface area contributed by atoms with Gasteiger partial charge < -0.3 is 0 Å². The first-order chi connectivity index (χ1) is 6.45. The van der Waals surface area contributed by atoms with Gasteiger partial charge in [-0.3, -0.25) is 0 Å². The minimum atomic E-state index is 0. The number of hydrogen-bond donors (Lipinski definition) is 0. The molecule has 1 aliphatic carbocycles. The summed E-state index contributed by atoms with van der Waals surface area (Å²) >= 11 is 0. The van der Waals surface area contributed by atoms with Gasteiger partial charge in [0, 0.05) is 0 Å². The maximum absolute atomic E-state index is 2.23. The first kappa shape index (κ1) is 12.2. The lowest BCUT2D eigenvalue weighted by molar-refractivity contribution is 1.29. The standard InChI is InChI=1S/C13H10.2H2S/c1-4-10-6-2-8-12-9-3-7-11(5-1)13(10)12;;/h1-8H,9H2;2*1H2. The Bertz CT molecular complexity index is 496. The molecule has 2 aromatic rings. The van der Waals surface area contributed by atoms with Gasteiger partial charge in [-0.2, -0.15) is 27.0 Å². The molecule has 0 N–H and O–H groups in total. The Labute approximate surface area is 104 Å². The quantitative estimate of drug-likeness (QED) is 0.653. The van der Waals surface area contributed by atoms with Crippen molar-refractivity contribution in [2.45, 2.75) is 6.42 Å². The molecule has 0 radical (unpaired) electrons. The smallest absolute Gasteiger partial charge is 0.00763 e. The van der Waals surface area contributed by atoms with Gasteiger partial charge in [0.25, 0.3) is 0 Å². The molecule has 3 rings (SSSR count). The second-order valence-corrected chi connectivity index (χ2v) is 3.47. The number of benzene rings is 2. The van der Waals surface area contributed by atoms with Crippen molar-refractivity contribution in [3.63, 3.8) is 0 Å². The molecule has 0 fully saturated rings. The Balaban J connectivity index is 0.000000562. The van der Waals surface area contributed by atoms with E-state index in [-0.39, 0.29) is 27.0 Å². The van der Waals surface area contributed by atoms with E-state index in [1.807, 2.05) is 0 Å². The van der Waals surface area contributed by atoms with E-state index in [4.69, 9.17) is 0 Å². The predicted molar refractivity (Wildman–Crippen MR) is 77.4 cm³/mol. The van der Waals surface area contributed by atoms with Crippen LogP contribution < -0.4 is 0 Å². The fourth-order valence-corrected chi connectivity index (χ4v) is 2.07. The molecular weight excluding hydrogens is 220 g/mol. The van der Waals surface area contributed by atoms with Crippen LogP contribution in [-0.4, -0.2) is 0 Å². The Morgan fingerprint density at radius 2 is 1.60 bits per heavy atom. The normalized spacial score (nSPS) is 11.7. The highest BCUT2D eigenvalue weighted by atomic mass is 32.1.